The highest BCUT2D eigenvalue weighted by Crippen LogP contribution is 2.39. The van der Waals surface area contributed by atoms with Crippen LogP contribution in [0.2, 0.25) is 5.02 Å². The van der Waals surface area contributed by atoms with Gasteiger partial charge in [0.05, 0.1) is 12.7 Å². The van der Waals surface area contributed by atoms with Gasteiger partial charge in [-0.15, -0.1) is 0 Å². The van der Waals surface area contributed by atoms with Crippen LogP contribution in [0.25, 0.3) is 0 Å². The summed E-state index contributed by atoms with van der Waals surface area (Å²) in [5.41, 5.74) is -0.000771. The first kappa shape index (κ1) is 14.6. The molecule has 1 aliphatic heterocycles. The summed E-state index contributed by atoms with van der Waals surface area (Å²) in [7, 11) is 1.63. The Balaban J connectivity index is 2.19. The smallest absolute Gasteiger partial charge is 0.125 e. The Labute approximate surface area is 120 Å². The van der Waals surface area contributed by atoms with E-state index in [4.69, 9.17) is 16.3 Å². The third kappa shape index (κ3) is 3.22. The number of aliphatic hydroxyl groups is 1. The number of hydrogen-bond acceptors (Lipinski definition) is 3. The molecule has 2 rings (SSSR count). The summed E-state index contributed by atoms with van der Waals surface area (Å²) in [5.74, 6) is 0.718. The SMILES string of the molecule is CCCN1CCC(O)(c2cc(Cl)ccc2OC)CC1. The Bertz CT molecular complexity index is 428. The monoisotopic (exact) mass is 283 g/mol. The fraction of sp³-hybridized carbons (Fsp3) is 0.600. The van der Waals surface area contributed by atoms with Gasteiger partial charge in [-0.2, -0.15) is 0 Å². The average molecular weight is 284 g/mol. The number of halogens is 1. The van der Waals surface area contributed by atoms with Crippen molar-refractivity contribution in [1.82, 2.24) is 4.90 Å². The van der Waals surface area contributed by atoms with Crippen molar-refractivity contribution in [2.45, 2.75) is 31.8 Å². The Morgan fingerprint density at radius 1 is 1.37 bits per heavy atom. The van der Waals surface area contributed by atoms with E-state index in [1.165, 1.54) is 0 Å². The number of nitrogens with zero attached hydrogens (tertiary/aromatic N) is 1. The molecule has 1 N–H and O–H groups in total. The van der Waals surface area contributed by atoms with Crippen molar-refractivity contribution in [3.05, 3.63) is 28.8 Å². The standard InChI is InChI=1S/C15H22ClNO2/c1-3-8-17-9-6-15(18,7-10-17)13-11-12(16)4-5-14(13)19-2/h4-5,11,18H,3,6-10H2,1-2H3. The molecule has 0 radical (unpaired) electrons. The molecule has 1 heterocycles. The largest absolute Gasteiger partial charge is 0.496 e. The maximum atomic E-state index is 10.9. The van der Waals surface area contributed by atoms with Crippen molar-refractivity contribution in [2.24, 2.45) is 0 Å². The minimum absolute atomic E-state index is 0.639. The van der Waals surface area contributed by atoms with Crippen molar-refractivity contribution < 1.29 is 9.84 Å². The predicted molar refractivity (Wildman–Crippen MR) is 77.9 cm³/mol. The highest BCUT2D eigenvalue weighted by molar-refractivity contribution is 6.30. The molecule has 0 bridgehead atoms. The molecule has 0 saturated carbocycles. The van der Waals surface area contributed by atoms with E-state index in [9.17, 15) is 5.11 Å². The molecule has 0 unspecified atom stereocenters. The van der Waals surface area contributed by atoms with Crippen molar-refractivity contribution in [2.75, 3.05) is 26.7 Å². The molecule has 106 valence electrons. The molecule has 0 amide bonds. The van der Waals surface area contributed by atoms with Gasteiger partial charge in [0.25, 0.3) is 0 Å². The highest BCUT2D eigenvalue weighted by atomic mass is 35.5. The van der Waals surface area contributed by atoms with Crippen LogP contribution in [0.5, 0.6) is 5.75 Å². The Kier molecular flexibility index (Phi) is 4.71. The molecule has 0 aliphatic carbocycles. The van der Waals surface area contributed by atoms with Gasteiger partial charge in [-0.1, -0.05) is 18.5 Å². The van der Waals surface area contributed by atoms with E-state index in [1.807, 2.05) is 12.1 Å². The number of likely N-dealkylation sites (tertiary alicyclic amines) is 1. The highest BCUT2D eigenvalue weighted by Gasteiger charge is 2.36. The Morgan fingerprint density at radius 3 is 2.63 bits per heavy atom. The van der Waals surface area contributed by atoms with Gasteiger partial charge in [0.1, 0.15) is 5.75 Å². The first-order chi connectivity index (χ1) is 9.09. The van der Waals surface area contributed by atoms with Crippen LogP contribution >= 0.6 is 11.6 Å². The van der Waals surface area contributed by atoms with Gasteiger partial charge in [0.15, 0.2) is 0 Å². The maximum Gasteiger partial charge on any atom is 0.125 e. The summed E-state index contributed by atoms with van der Waals surface area (Å²) in [6.07, 6.45) is 2.60. The molecule has 4 heteroatoms. The molecule has 0 spiro atoms. The fourth-order valence-electron chi connectivity index (χ4n) is 2.78. The molecule has 3 nitrogen and oxygen atoms in total. The van der Waals surface area contributed by atoms with Crippen molar-refractivity contribution in [1.29, 1.82) is 0 Å². The third-order valence-electron chi connectivity index (χ3n) is 3.89. The minimum atomic E-state index is -0.819. The zero-order chi connectivity index (χ0) is 13.9. The molecular formula is C15H22ClNO2. The van der Waals surface area contributed by atoms with Gasteiger partial charge in [-0.3, -0.25) is 0 Å². The topological polar surface area (TPSA) is 32.7 Å². The lowest BCUT2D eigenvalue weighted by Crippen LogP contribution is -2.42. The van der Waals surface area contributed by atoms with Gasteiger partial charge in [0.2, 0.25) is 0 Å². The van der Waals surface area contributed by atoms with E-state index in [0.29, 0.717) is 5.02 Å². The predicted octanol–water partition coefficient (Wildman–Crippen LogP) is 3.04. The van der Waals surface area contributed by atoms with Crippen molar-refractivity contribution in [3.8, 4) is 5.75 Å². The third-order valence-corrected chi connectivity index (χ3v) is 4.12. The van der Waals surface area contributed by atoms with Crippen LogP contribution < -0.4 is 4.74 Å². The number of benzene rings is 1. The quantitative estimate of drug-likeness (QED) is 0.922. The fourth-order valence-corrected chi connectivity index (χ4v) is 2.95. The molecule has 1 aromatic rings. The van der Waals surface area contributed by atoms with Gasteiger partial charge in [-0.25, -0.2) is 0 Å². The Morgan fingerprint density at radius 2 is 2.05 bits per heavy atom. The second-order valence-electron chi connectivity index (χ2n) is 5.22. The van der Waals surface area contributed by atoms with E-state index in [2.05, 4.69) is 11.8 Å². The summed E-state index contributed by atoms with van der Waals surface area (Å²) in [6, 6.07) is 5.45. The van der Waals surface area contributed by atoms with Crippen LogP contribution in [-0.4, -0.2) is 36.8 Å². The molecule has 1 aliphatic rings. The molecule has 0 atom stereocenters. The zero-order valence-electron chi connectivity index (χ0n) is 11.7. The molecule has 19 heavy (non-hydrogen) atoms. The first-order valence-electron chi connectivity index (χ1n) is 6.88. The number of hydrogen-bond donors (Lipinski definition) is 1. The van der Waals surface area contributed by atoms with Crippen LogP contribution in [0.3, 0.4) is 0 Å². The average Bonchev–Trinajstić information content (AvgIpc) is 2.42. The first-order valence-corrected chi connectivity index (χ1v) is 7.25. The lowest BCUT2D eigenvalue weighted by Gasteiger charge is -2.39. The number of ether oxygens (including phenoxy) is 1. The molecule has 0 aromatic heterocycles. The van der Waals surface area contributed by atoms with Crippen LogP contribution in [-0.2, 0) is 5.60 Å². The molecular weight excluding hydrogens is 262 g/mol. The van der Waals surface area contributed by atoms with Crippen LogP contribution in [0, 0.1) is 0 Å². The Hall–Kier alpha value is -0.770. The molecule has 1 aromatic carbocycles. The normalized spacial score (nSPS) is 19.4. The van der Waals surface area contributed by atoms with Gasteiger partial charge >= 0.3 is 0 Å². The minimum Gasteiger partial charge on any atom is -0.496 e. The summed E-state index contributed by atoms with van der Waals surface area (Å²) in [6.45, 7) is 5.11. The van der Waals surface area contributed by atoms with Crippen molar-refractivity contribution in [3.63, 3.8) is 0 Å². The second kappa shape index (κ2) is 6.12. The second-order valence-corrected chi connectivity index (χ2v) is 5.65. The van der Waals surface area contributed by atoms with E-state index in [-0.39, 0.29) is 0 Å². The number of methoxy groups -OCH3 is 1. The van der Waals surface area contributed by atoms with Crippen molar-refractivity contribution >= 4 is 11.6 Å². The van der Waals surface area contributed by atoms with Crippen LogP contribution in [0.4, 0.5) is 0 Å². The molecule has 1 saturated heterocycles. The lowest BCUT2D eigenvalue weighted by molar-refractivity contribution is -0.0273. The number of rotatable bonds is 4. The van der Waals surface area contributed by atoms with Crippen LogP contribution in [0.15, 0.2) is 18.2 Å². The van der Waals surface area contributed by atoms with E-state index >= 15 is 0 Å². The lowest BCUT2D eigenvalue weighted by atomic mass is 9.84. The summed E-state index contributed by atoms with van der Waals surface area (Å²) in [5, 5.41) is 11.5. The zero-order valence-corrected chi connectivity index (χ0v) is 12.4. The van der Waals surface area contributed by atoms with Gasteiger partial charge < -0.3 is 14.7 Å². The van der Waals surface area contributed by atoms with E-state index < -0.39 is 5.60 Å². The summed E-state index contributed by atoms with van der Waals surface area (Å²) >= 11 is 6.06. The summed E-state index contributed by atoms with van der Waals surface area (Å²) < 4.78 is 5.36. The van der Waals surface area contributed by atoms with Crippen LogP contribution in [0.1, 0.15) is 31.7 Å². The van der Waals surface area contributed by atoms with Gasteiger partial charge in [0, 0.05) is 23.7 Å². The molecule has 1 fully saturated rings. The number of piperidine rings is 1. The maximum absolute atomic E-state index is 10.9. The van der Waals surface area contributed by atoms with Gasteiger partial charge in [-0.05, 0) is 44.0 Å². The van der Waals surface area contributed by atoms with E-state index in [0.717, 1.165) is 50.2 Å². The summed E-state index contributed by atoms with van der Waals surface area (Å²) in [4.78, 5) is 2.39. The van der Waals surface area contributed by atoms with E-state index in [1.54, 1.807) is 13.2 Å².